The van der Waals surface area contributed by atoms with Crippen molar-refractivity contribution in [1.29, 1.82) is 0 Å². The largest absolute Gasteiger partial charge is 0.353 e. The second kappa shape index (κ2) is 11.0. The second-order valence-electron chi connectivity index (χ2n) is 7.98. The summed E-state index contributed by atoms with van der Waals surface area (Å²) in [5.74, 6) is 0.892. The smallest absolute Gasteiger partial charge is 0.257 e. The zero-order valence-electron chi connectivity index (χ0n) is 17.7. The van der Waals surface area contributed by atoms with E-state index < -0.39 is 0 Å². The summed E-state index contributed by atoms with van der Waals surface area (Å²) < 4.78 is 1.61. The summed E-state index contributed by atoms with van der Waals surface area (Å²) in [6.45, 7) is 1.88. The summed E-state index contributed by atoms with van der Waals surface area (Å²) >= 11 is 7.60. The van der Waals surface area contributed by atoms with Gasteiger partial charge in [0.1, 0.15) is 0 Å². The highest BCUT2D eigenvalue weighted by Gasteiger charge is 2.16. The fourth-order valence-electron chi connectivity index (χ4n) is 3.86. The van der Waals surface area contributed by atoms with Crippen molar-refractivity contribution >= 4 is 29.3 Å². The quantitative estimate of drug-likeness (QED) is 0.363. The first-order valence-corrected chi connectivity index (χ1v) is 12.0. The van der Waals surface area contributed by atoms with Crippen LogP contribution in [0.25, 0.3) is 0 Å². The molecular formula is C23H30ClN3O2S. The van der Waals surface area contributed by atoms with Crippen LogP contribution in [0.5, 0.6) is 0 Å². The molecule has 5 nitrogen and oxygen atoms in total. The van der Waals surface area contributed by atoms with E-state index in [0.29, 0.717) is 34.6 Å². The average Bonchev–Trinajstić information content (AvgIpc) is 2.73. The molecule has 0 bridgehead atoms. The predicted octanol–water partition coefficient (Wildman–Crippen LogP) is 4.65. The lowest BCUT2D eigenvalue weighted by Crippen LogP contribution is -2.36. The Balaban J connectivity index is 1.54. The van der Waals surface area contributed by atoms with Gasteiger partial charge in [-0.25, -0.2) is 4.98 Å². The highest BCUT2D eigenvalue weighted by Crippen LogP contribution is 2.20. The van der Waals surface area contributed by atoms with Gasteiger partial charge in [0.15, 0.2) is 5.16 Å². The van der Waals surface area contributed by atoms with E-state index in [4.69, 9.17) is 11.6 Å². The van der Waals surface area contributed by atoms with Crippen LogP contribution < -0.4 is 10.9 Å². The van der Waals surface area contributed by atoms with Crippen molar-refractivity contribution in [2.45, 2.75) is 69.5 Å². The van der Waals surface area contributed by atoms with Crippen molar-refractivity contribution in [2.24, 2.45) is 7.05 Å². The molecule has 30 heavy (non-hydrogen) atoms. The van der Waals surface area contributed by atoms with Gasteiger partial charge in [-0.2, -0.15) is 0 Å². The van der Waals surface area contributed by atoms with Gasteiger partial charge in [-0.15, -0.1) is 0 Å². The maximum atomic E-state index is 12.9. The third kappa shape index (κ3) is 6.35. The number of aromatic nitrogens is 2. The second-order valence-corrected chi connectivity index (χ2v) is 9.48. The molecule has 0 radical (unpaired) electrons. The van der Waals surface area contributed by atoms with Crippen molar-refractivity contribution < 1.29 is 4.79 Å². The normalized spacial score (nSPS) is 14.6. The van der Waals surface area contributed by atoms with E-state index in [1.54, 1.807) is 11.6 Å². The third-order valence-corrected chi connectivity index (χ3v) is 6.92. The number of nitrogens with zero attached hydrogens (tertiary/aromatic N) is 2. The number of aryl methyl sites for hydroxylation is 1. The fraction of sp³-hybridized carbons (Fsp3) is 0.522. The van der Waals surface area contributed by atoms with Crippen LogP contribution >= 0.6 is 23.4 Å². The van der Waals surface area contributed by atoms with Gasteiger partial charge in [-0.1, -0.05) is 54.8 Å². The zero-order chi connectivity index (χ0) is 21.5. The first-order valence-electron chi connectivity index (χ1n) is 10.7. The van der Waals surface area contributed by atoms with Crippen molar-refractivity contribution in [2.75, 3.05) is 5.75 Å². The molecule has 1 aliphatic carbocycles. The molecular weight excluding hydrogens is 418 g/mol. The van der Waals surface area contributed by atoms with Crippen LogP contribution in [-0.2, 0) is 18.3 Å². The Kier molecular flexibility index (Phi) is 8.40. The van der Waals surface area contributed by atoms with Crippen LogP contribution in [0.15, 0.2) is 34.2 Å². The summed E-state index contributed by atoms with van der Waals surface area (Å²) in [7, 11) is 1.76. The Morgan fingerprint density at radius 3 is 2.80 bits per heavy atom. The minimum atomic E-state index is -0.0278. The molecule has 1 aliphatic rings. The van der Waals surface area contributed by atoms with Crippen LogP contribution in [0.1, 0.15) is 61.8 Å². The van der Waals surface area contributed by atoms with E-state index in [1.165, 1.54) is 31.0 Å². The van der Waals surface area contributed by atoms with Gasteiger partial charge in [0.05, 0.1) is 0 Å². The average molecular weight is 448 g/mol. The minimum absolute atomic E-state index is 0.0278. The lowest BCUT2D eigenvalue weighted by Gasteiger charge is -2.22. The monoisotopic (exact) mass is 447 g/mol. The van der Waals surface area contributed by atoms with E-state index >= 15 is 0 Å². The molecule has 1 aromatic carbocycles. The SMILES string of the molecule is Cc1nc(SCCCC(=O)NC2CCCCC2)n(C)c(=O)c1Cc1cccc(Cl)c1. The molecule has 1 aromatic heterocycles. The van der Waals surface area contributed by atoms with Gasteiger partial charge in [0.2, 0.25) is 5.91 Å². The number of hydrogen-bond acceptors (Lipinski definition) is 4. The number of rotatable bonds is 8. The maximum absolute atomic E-state index is 12.9. The van der Waals surface area contributed by atoms with Gasteiger partial charge in [0, 0.05) is 48.0 Å². The first-order chi connectivity index (χ1) is 14.4. The summed E-state index contributed by atoms with van der Waals surface area (Å²) in [6.07, 6.45) is 7.72. The predicted molar refractivity (Wildman–Crippen MR) is 123 cm³/mol. The maximum Gasteiger partial charge on any atom is 0.257 e. The number of nitrogens with one attached hydrogen (secondary N) is 1. The lowest BCUT2D eigenvalue weighted by atomic mass is 9.95. The van der Waals surface area contributed by atoms with Crippen molar-refractivity contribution in [3.8, 4) is 0 Å². The molecule has 1 amide bonds. The molecule has 1 heterocycles. The van der Waals surface area contributed by atoms with E-state index in [-0.39, 0.29) is 11.5 Å². The molecule has 0 unspecified atom stereocenters. The third-order valence-electron chi connectivity index (χ3n) is 5.57. The highest BCUT2D eigenvalue weighted by atomic mass is 35.5. The Bertz CT molecular complexity index is 939. The van der Waals surface area contributed by atoms with E-state index in [0.717, 1.165) is 36.3 Å². The summed E-state index contributed by atoms with van der Waals surface area (Å²) in [6, 6.07) is 7.91. The number of carbonyl (C=O) groups is 1. The van der Waals surface area contributed by atoms with Crippen LogP contribution in [0, 0.1) is 6.92 Å². The van der Waals surface area contributed by atoms with Crippen molar-refractivity contribution in [3.05, 3.63) is 56.5 Å². The number of amides is 1. The van der Waals surface area contributed by atoms with E-state index in [1.807, 2.05) is 31.2 Å². The number of benzene rings is 1. The molecule has 1 N–H and O–H groups in total. The van der Waals surface area contributed by atoms with Gasteiger partial charge >= 0.3 is 0 Å². The fourth-order valence-corrected chi connectivity index (χ4v) is 5.02. The molecule has 7 heteroatoms. The summed E-state index contributed by atoms with van der Waals surface area (Å²) in [5.41, 5.74) is 2.40. The molecule has 0 aliphatic heterocycles. The van der Waals surface area contributed by atoms with E-state index in [2.05, 4.69) is 10.3 Å². The Labute approximate surface area is 187 Å². The van der Waals surface area contributed by atoms with Gasteiger partial charge in [0.25, 0.3) is 5.56 Å². The number of thioether (sulfide) groups is 1. The molecule has 0 saturated heterocycles. The number of carbonyl (C=O) groups excluding carboxylic acids is 1. The molecule has 0 spiro atoms. The lowest BCUT2D eigenvalue weighted by molar-refractivity contribution is -0.122. The van der Waals surface area contributed by atoms with Gasteiger partial charge in [-0.3, -0.25) is 14.2 Å². The number of halogens is 1. The topological polar surface area (TPSA) is 64.0 Å². The molecule has 162 valence electrons. The van der Waals surface area contributed by atoms with Crippen LogP contribution in [0.2, 0.25) is 5.02 Å². The Hall–Kier alpha value is -1.79. The van der Waals surface area contributed by atoms with Crippen LogP contribution in [-0.4, -0.2) is 27.3 Å². The molecule has 3 rings (SSSR count). The van der Waals surface area contributed by atoms with Crippen LogP contribution in [0.3, 0.4) is 0 Å². The summed E-state index contributed by atoms with van der Waals surface area (Å²) in [5, 5.41) is 4.51. The molecule has 2 aromatic rings. The molecule has 1 fully saturated rings. The van der Waals surface area contributed by atoms with Gasteiger partial charge in [-0.05, 0) is 43.9 Å². The molecule has 0 atom stereocenters. The number of hydrogen-bond donors (Lipinski definition) is 1. The summed E-state index contributed by atoms with van der Waals surface area (Å²) in [4.78, 5) is 29.7. The Morgan fingerprint density at radius 1 is 1.30 bits per heavy atom. The van der Waals surface area contributed by atoms with E-state index in [9.17, 15) is 9.59 Å². The standard InChI is InChI=1S/C23H30ClN3O2S/c1-16-20(15-17-8-6-9-18(24)14-17)22(29)27(2)23(25-16)30-13-7-12-21(28)26-19-10-4-3-5-11-19/h6,8-9,14,19H,3-5,7,10-13,15H2,1-2H3,(H,26,28). The molecule has 1 saturated carbocycles. The minimum Gasteiger partial charge on any atom is -0.353 e. The van der Waals surface area contributed by atoms with Crippen molar-refractivity contribution in [1.82, 2.24) is 14.9 Å². The zero-order valence-corrected chi connectivity index (χ0v) is 19.3. The van der Waals surface area contributed by atoms with Gasteiger partial charge < -0.3 is 5.32 Å². The highest BCUT2D eigenvalue weighted by molar-refractivity contribution is 7.99. The first kappa shape index (κ1) is 22.9. The Morgan fingerprint density at radius 2 is 2.07 bits per heavy atom. The van der Waals surface area contributed by atoms with Crippen molar-refractivity contribution in [3.63, 3.8) is 0 Å². The van der Waals surface area contributed by atoms with Crippen LogP contribution in [0.4, 0.5) is 0 Å².